The van der Waals surface area contributed by atoms with Gasteiger partial charge in [0.05, 0.1) is 5.75 Å². The Balaban J connectivity index is -0.000000405. The zero-order valence-electron chi connectivity index (χ0n) is 7.83. The van der Waals surface area contributed by atoms with Crippen LogP contribution >= 0.6 is 0 Å². The quantitative estimate of drug-likeness (QED) is 0.263. The molecule has 0 unspecified atom stereocenters. The summed E-state index contributed by atoms with van der Waals surface area (Å²) in [5, 5.41) is 0. The third-order valence-electron chi connectivity index (χ3n) is 0.786. The van der Waals surface area contributed by atoms with Crippen molar-refractivity contribution in [2.75, 3.05) is 18.8 Å². The van der Waals surface area contributed by atoms with Crippen LogP contribution in [0.4, 0.5) is 0 Å². The van der Waals surface area contributed by atoms with Gasteiger partial charge in [0.25, 0.3) is 10.1 Å². The zero-order chi connectivity index (χ0) is 8.04. The maximum absolute atomic E-state index is 10.5. The average Bonchev–Trinajstić information content (AvgIpc) is 1.89. The van der Waals surface area contributed by atoms with Crippen molar-refractivity contribution in [3.05, 3.63) is 0 Å². The van der Waals surface area contributed by atoms with E-state index in [9.17, 15) is 8.42 Å². The average molecular weight is 192 g/mol. The maximum Gasteiger partial charge on any atom is 1.00 e. The first-order valence-corrected chi connectivity index (χ1v) is 4.54. The predicted octanol–water partition coefficient (Wildman–Crippen LogP) is -4.07. The maximum atomic E-state index is 10.5. The Bertz CT molecular complexity index is 175. The summed E-state index contributed by atoms with van der Waals surface area (Å²) in [6, 6.07) is 0. The van der Waals surface area contributed by atoms with Gasteiger partial charge in [0.2, 0.25) is 0 Å². The molecule has 0 aliphatic carbocycles. The normalized spacial score (nSPS) is 10.7. The van der Waals surface area contributed by atoms with Crippen molar-refractivity contribution in [2.45, 2.75) is 6.92 Å². The zero-order valence-corrected chi connectivity index (χ0v) is 9.65. The molecule has 0 heterocycles. The largest absolute Gasteiger partial charge is 1.00 e. The van der Waals surface area contributed by atoms with E-state index in [0.29, 0.717) is 13.1 Å². The van der Waals surface area contributed by atoms with Gasteiger partial charge in [0, 0.05) is 13.1 Å². The van der Waals surface area contributed by atoms with Gasteiger partial charge < -0.3 is 7.16 Å². The van der Waals surface area contributed by atoms with Crippen molar-refractivity contribution in [3.8, 4) is 0 Å². The summed E-state index contributed by atoms with van der Waals surface area (Å²) in [6.07, 6.45) is 0. The number of hydrogen-bond donors (Lipinski definition) is 2. The number of hydroxylamine groups is 1. The summed E-state index contributed by atoms with van der Waals surface area (Å²) in [5.41, 5.74) is 7.28. The van der Waals surface area contributed by atoms with E-state index in [0.717, 1.165) is 0 Å². The topological polar surface area (TPSA) is 81.4 Å². The molecule has 5 nitrogen and oxygen atoms in total. The van der Waals surface area contributed by atoms with Crippen LogP contribution in [0.1, 0.15) is 8.35 Å². The van der Waals surface area contributed by atoms with Crippen LogP contribution in [0.25, 0.3) is 0 Å². The Kier molecular flexibility index (Phi) is 9.76. The Morgan fingerprint density at radius 3 is 2.55 bits per heavy atom. The first kappa shape index (κ1) is 14.4. The molecule has 0 saturated heterocycles. The van der Waals surface area contributed by atoms with Gasteiger partial charge >= 0.3 is 29.6 Å². The van der Waals surface area contributed by atoms with Crippen LogP contribution in [0, 0.1) is 0 Å². The number of nitrogens with two attached hydrogens (primary N) is 1. The molecule has 0 aliphatic heterocycles. The van der Waals surface area contributed by atoms with Crippen molar-refractivity contribution in [3.63, 3.8) is 0 Å². The molecule has 0 saturated carbocycles. The first-order chi connectivity index (χ1) is 4.62. The van der Waals surface area contributed by atoms with Gasteiger partial charge in [-0.05, 0) is 6.92 Å². The minimum absolute atomic E-state index is 0. The van der Waals surface area contributed by atoms with Crippen molar-refractivity contribution in [1.29, 1.82) is 0 Å². The van der Waals surface area contributed by atoms with Gasteiger partial charge in [-0.15, -0.1) is 0 Å². The molecule has 0 atom stereocenters. The van der Waals surface area contributed by atoms with E-state index in [1.165, 1.54) is 6.92 Å². The molecule has 0 spiro atoms. The van der Waals surface area contributed by atoms with E-state index in [4.69, 9.17) is 5.73 Å². The van der Waals surface area contributed by atoms with Crippen molar-refractivity contribution < 1.29 is 43.7 Å². The number of nitrogens with one attached hydrogen (secondary N) is 1. The minimum atomic E-state index is -3.36. The molecule has 3 N–H and O–H groups in total. The van der Waals surface area contributed by atoms with E-state index in [1.807, 2.05) is 0 Å². The molecule has 0 aromatic carbocycles. The molecule has 0 fully saturated rings. The van der Waals surface area contributed by atoms with Gasteiger partial charge in [0.1, 0.15) is 0 Å². The predicted molar refractivity (Wildman–Crippen MR) is 38.7 cm³/mol. The molecule has 0 aromatic rings. The van der Waals surface area contributed by atoms with Gasteiger partial charge in [0.15, 0.2) is 0 Å². The standard InChI is InChI=1S/C4H12N2O3S.Na.H/c1-2-10(7,8)9-6-4-3-5;;/h6H,2-5H2,1H3;;/q;+1;-1. The van der Waals surface area contributed by atoms with Crippen LogP contribution in [0.5, 0.6) is 0 Å². The molecule has 0 radical (unpaired) electrons. The molecule has 64 valence electrons. The Morgan fingerprint density at radius 1 is 1.64 bits per heavy atom. The fourth-order valence-electron chi connectivity index (χ4n) is 0.249. The summed E-state index contributed by atoms with van der Waals surface area (Å²) in [7, 11) is -3.36. The molecule has 0 bridgehead atoms. The molecule has 0 rings (SSSR count). The van der Waals surface area contributed by atoms with E-state index in [1.54, 1.807) is 0 Å². The Morgan fingerprint density at radius 2 is 2.18 bits per heavy atom. The summed E-state index contributed by atoms with van der Waals surface area (Å²) in [6.45, 7) is 2.18. The van der Waals surface area contributed by atoms with Crippen molar-refractivity contribution in [2.24, 2.45) is 5.73 Å². The van der Waals surface area contributed by atoms with E-state index >= 15 is 0 Å². The van der Waals surface area contributed by atoms with E-state index in [-0.39, 0.29) is 36.7 Å². The molecular formula is C4H13N2NaO3S. The van der Waals surface area contributed by atoms with Gasteiger partial charge in [-0.25, -0.2) is 0 Å². The van der Waals surface area contributed by atoms with E-state index < -0.39 is 10.1 Å². The molecule has 0 aliphatic rings. The molecule has 7 heteroatoms. The molecular weight excluding hydrogens is 179 g/mol. The van der Waals surface area contributed by atoms with Crippen LogP contribution in [0.2, 0.25) is 0 Å². The second-order valence-electron chi connectivity index (χ2n) is 1.61. The summed E-state index contributed by atoms with van der Waals surface area (Å²) < 4.78 is 25.4. The molecule has 0 aromatic heterocycles. The number of hydrogen-bond acceptors (Lipinski definition) is 5. The Labute approximate surface area is 90.5 Å². The molecule has 11 heavy (non-hydrogen) atoms. The Hall–Kier alpha value is 0.830. The molecule has 0 amide bonds. The van der Waals surface area contributed by atoms with Crippen molar-refractivity contribution in [1.82, 2.24) is 5.48 Å². The third-order valence-corrected chi connectivity index (χ3v) is 1.86. The van der Waals surface area contributed by atoms with Crippen molar-refractivity contribution >= 4 is 10.1 Å². The van der Waals surface area contributed by atoms with E-state index in [2.05, 4.69) is 9.76 Å². The SMILES string of the molecule is CCS(=O)(=O)ONCCN.[H-].[Na+]. The van der Waals surface area contributed by atoms with Gasteiger partial charge in [-0.1, -0.05) is 0 Å². The monoisotopic (exact) mass is 192 g/mol. The fraction of sp³-hybridized carbons (Fsp3) is 1.00. The van der Waals surface area contributed by atoms with Crippen LogP contribution < -0.4 is 40.8 Å². The summed E-state index contributed by atoms with van der Waals surface area (Å²) in [4.78, 5) is 0. The van der Waals surface area contributed by atoms with Crippen LogP contribution in [-0.2, 0) is 14.4 Å². The fourth-order valence-corrected chi connectivity index (χ4v) is 0.630. The summed E-state index contributed by atoms with van der Waals surface area (Å²) >= 11 is 0. The van der Waals surface area contributed by atoms with Gasteiger partial charge in [-0.2, -0.15) is 18.2 Å². The second-order valence-corrected chi connectivity index (χ2v) is 3.47. The third kappa shape index (κ3) is 8.74. The first-order valence-electron chi connectivity index (χ1n) is 2.96. The van der Waals surface area contributed by atoms with Crippen LogP contribution in [-0.4, -0.2) is 27.3 Å². The summed E-state index contributed by atoms with van der Waals surface area (Å²) in [5.74, 6) is -0.0371. The van der Waals surface area contributed by atoms with Gasteiger partial charge in [-0.3, -0.25) is 0 Å². The van der Waals surface area contributed by atoms with Crippen LogP contribution in [0.3, 0.4) is 0 Å². The van der Waals surface area contributed by atoms with Crippen LogP contribution in [0.15, 0.2) is 0 Å². The minimum Gasteiger partial charge on any atom is -1.00 e. The second kappa shape index (κ2) is 7.48. The smallest absolute Gasteiger partial charge is 1.00 e. The number of rotatable bonds is 5.